The van der Waals surface area contributed by atoms with Gasteiger partial charge in [-0.1, -0.05) is 23.9 Å². The van der Waals surface area contributed by atoms with Crippen LogP contribution in [0.2, 0.25) is 0 Å². The summed E-state index contributed by atoms with van der Waals surface area (Å²) < 4.78 is 14.7. The molecule has 0 saturated heterocycles. The van der Waals surface area contributed by atoms with E-state index < -0.39 is 11.1 Å². The van der Waals surface area contributed by atoms with Crippen LogP contribution in [0.5, 0.6) is 0 Å². The average molecular weight is 414 g/mol. The number of halogens is 1. The van der Waals surface area contributed by atoms with E-state index in [9.17, 15) is 14.0 Å². The molecule has 150 valence electrons. The van der Waals surface area contributed by atoms with Gasteiger partial charge in [0, 0.05) is 23.9 Å². The number of nitrogens with zero attached hydrogens (tertiary/aromatic N) is 3. The summed E-state index contributed by atoms with van der Waals surface area (Å²) in [6.07, 6.45) is 0. The Morgan fingerprint density at radius 2 is 1.76 bits per heavy atom. The lowest BCUT2D eigenvalue weighted by Gasteiger charge is -2.12. The van der Waals surface area contributed by atoms with Crippen molar-refractivity contribution < 1.29 is 14.0 Å². The van der Waals surface area contributed by atoms with E-state index in [1.54, 1.807) is 43.3 Å². The summed E-state index contributed by atoms with van der Waals surface area (Å²) >= 11 is 1.13. The Labute approximate surface area is 170 Å². The Kier molecular flexibility index (Phi) is 6.13. The summed E-state index contributed by atoms with van der Waals surface area (Å²) in [5.41, 5.74) is 1.72. The van der Waals surface area contributed by atoms with Gasteiger partial charge in [0.05, 0.1) is 5.25 Å². The van der Waals surface area contributed by atoms with Crippen molar-refractivity contribution in [2.75, 3.05) is 16.5 Å². The van der Waals surface area contributed by atoms with Crippen LogP contribution in [0.25, 0.3) is 11.4 Å². The number of thioether (sulfide) groups is 1. The van der Waals surface area contributed by atoms with E-state index >= 15 is 0 Å². The molecule has 3 aromatic rings. The highest BCUT2D eigenvalue weighted by Gasteiger charge is 2.20. The number of carbonyl (C=O) groups excluding carboxylic acids is 2. The van der Waals surface area contributed by atoms with E-state index in [0.717, 1.165) is 11.8 Å². The van der Waals surface area contributed by atoms with Gasteiger partial charge in [-0.25, -0.2) is 9.07 Å². The molecule has 0 radical (unpaired) electrons. The monoisotopic (exact) mass is 414 g/mol. The highest BCUT2D eigenvalue weighted by Crippen LogP contribution is 2.26. The third kappa shape index (κ3) is 5.11. The van der Waals surface area contributed by atoms with Crippen LogP contribution in [-0.4, -0.2) is 31.9 Å². The van der Waals surface area contributed by atoms with Gasteiger partial charge in [-0.15, -0.1) is 10.2 Å². The molecule has 0 aliphatic rings. The molecule has 29 heavy (non-hydrogen) atoms. The fourth-order valence-corrected chi connectivity index (χ4v) is 3.25. The van der Waals surface area contributed by atoms with Crippen LogP contribution in [0, 0.1) is 5.82 Å². The van der Waals surface area contributed by atoms with Crippen LogP contribution in [0.3, 0.4) is 0 Å². The second-order valence-electron chi connectivity index (χ2n) is 6.19. The van der Waals surface area contributed by atoms with E-state index in [0.29, 0.717) is 27.9 Å². The molecule has 1 atom stereocenters. The van der Waals surface area contributed by atoms with Gasteiger partial charge in [-0.2, -0.15) is 0 Å². The third-order valence-electron chi connectivity index (χ3n) is 3.87. The molecule has 0 bridgehead atoms. The Morgan fingerprint density at radius 1 is 1.10 bits per heavy atom. The van der Waals surface area contributed by atoms with E-state index in [1.807, 2.05) is 0 Å². The number of rotatable bonds is 6. The number of nitrogens with two attached hydrogens (primary N) is 1. The van der Waals surface area contributed by atoms with Crippen molar-refractivity contribution in [3.63, 3.8) is 0 Å². The van der Waals surface area contributed by atoms with Crippen LogP contribution in [-0.2, 0) is 9.59 Å². The highest BCUT2D eigenvalue weighted by molar-refractivity contribution is 8.00. The standard InChI is InChI=1S/C19H19FN6O2S/c1-11(18(28)23-16-8-6-15(7-9-16)22-12(2)27)29-19-25-24-17(26(19)21)13-4-3-5-14(20)10-13/h3-11H,21H2,1-2H3,(H,22,27)(H,23,28)/t11-/m1/s1. The quantitative estimate of drug-likeness (QED) is 0.422. The number of hydrogen-bond acceptors (Lipinski definition) is 6. The van der Waals surface area contributed by atoms with Gasteiger partial charge in [0.25, 0.3) is 0 Å². The van der Waals surface area contributed by atoms with E-state index in [-0.39, 0.29) is 11.8 Å². The normalized spacial score (nSPS) is 11.7. The first-order chi connectivity index (χ1) is 13.8. The molecule has 2 aromatic carbocycles. The largest absolute Gasteiger partial charge is 0.335 e. The van der Waals surface area contributed by atoms with Gasteiger partial charge in [0.15, 0.2) is 5.82 Å². The van der Waals surface area contributed by atoms with Crippen molar-refractivity contribution in [3.8, 4) is 11.4 Å². The summed E-state index contributed by atoms with van der Waals surface area (Å²) in [5.74, 6) is 5.50. The van der Waals surface area contributed by atoms with E-state index in [1.165, 1.54) is 23.7 Å². The predicted octanol–water partition coefficient (Wildman–Crippen LogP) is 2.88. The van der Waals surface area contributed by atoms with Gasteiger partial charge >= 0.3 is 0 Å². The maximum absolute atomic E-state index is 13.4. The Hall–Kier alpha value is -3.40. The number of nitrogen functional groups attached to an aromatic ring is 1. The SMILES string of the molecule is CC(=O)Nc1ccc(NC(=O)[C@@H](C)Sc2nnc(-c3cccc(F)c3)n2N)cc1. The predicted molar refractivity (Wildman–Crippen MR) is 110 cm³/mol. The number of hydrogen-bond donors (Lipinski definition) is 3. The maximum atomic E-state index is 13.4. The molecular weight excluding hydrogens is 395 g/mol. The summed E-state index contributed by atoms with van der Waals surface area (Å²) in [5, 5.41) is 13.2. The second kappa shape index (κ2) is 8.74. The van der Waals surface area contributed by atoms with Gasteiger partial charge in [0.2, 0.25) is 17.0 Å². The van der Waals surface area contributed by atoms with Crippen LogP contribution >= 0.6 is 11.8 Å². The number of carbonyl (C=O) groups is 2. The van der Waals surface area contributed by atoms with Crippen molar-refractivity contribution >= 4 is 35.0 Å². The van der Waals surface area contributed by atoms with Crippen molar-refractivity contribution in [3.05, 3.63) is 54.3 Å². The lowest BCUT2D eigenvalue weighted by atomic mass is 10.2. The molecule has 4 N–H and O–H groups in total. The first-order valence-electron chi connectivity index (χ1n) is 8.65. The molecule has 0 unspecified atom stereocenters. The molecule has 0 saturated carbocycles. The van der Waals surface area contributed by atoms with Gasteiger partial charge in [-0.3, -0.25) is 9.59 Å². The number of nitrogens with one attached hydrogen (secondary N) is 2. The molecule has 0 aliphatic heterocycles. The Balaban J connectivity index is 1.65. The molecule has 1 heterocycles. The summed E-state index contributed by atoms with van der Waals surface area (Å²) in [6, 6.07) is 12.6. The first-order valence-corrected chi connectivity index (χ1v) is 9.53. The van der Waals surface area contributed by atoms with Crippen molar-refractivity contribution in [1.29, 1.82) is 0 Å². The molecule has 3 rings (SSSR count). The van der Waals surface area contributed by atoms with Crippen molar-refractivity contribution in [2.45, 2.75) is 24.3 Å². The fourth-order valence-electron chi connectivity index (χ4n) is 2.48. The zero-order chi connectivity index (χ0) is 21.0. The van der Waals surface area contributed by atoms with Crippen LogP contribution in [0.4, 0.5) is 15.8 Å². The number of amides is 2. The molecule has 1 aromatic heterocycles. The summed E-state index contributed by atoms with van der Waals surface area (Å²) in [7, 11) is 0. The van der Waals surface area contributed by atoms with Crippen LogP contribution in [0.15, 0.2) is 53.7 Å². The zero-order valence-electron chi connectivity index (χ0n) is 15.7. The van der Waals surface area contributed by atoms with Crippen LogP contribution < -0.4 is 16.5 Å². The topological polar surface area (TPSA) is 115 Å². The molecule has 8 nitrogen and oxygen atoms in total. The minimum absolute atomic E-state index is 0.171. The van der Waals surface area contributed by atoms with Crippen molar-refractivity contribution in [1.82, 2.24) is 14.9 Å². The van der Waals surface area contributed by atoms with Gasteiger partial charge in [-0.05, 0) is 43.3 Å². The molecular formula is C19H19FN6O2S. The first kappa shape index (κ1) is 20.3. The summed E-state index contributed by atoms with van der Waals surface area (Å²) in [4.78, 5) is 23.5. The van der Waals surface area contributed by atoms with Gasteiger partial charge in [0.1, 0.15) is 5.82 Å². The third-order valence-corrected chi connectivity index (χ3v) is 4.93. The van der Waals surface area contributed by atoms with Crippen LogP contribution in [0.1, 0.15) is 13.8 Å². The molecule has 0 aliphatic carbocycles. The average Bonchev–Trinajstić information content (AvgIpc) is 3.03. The fraction of sp³-hybridized carbons (Fsp3) is 0.158. The summed E-state index contributed by atoms with van der Waals surface area (Å²) in [6.45, 7) is 3.13. The Bertz CT molecular complexity index is 1040. The molecule has 10 heteroatoms. The Morgan fingerprint density at radius 3 is 2.38 bits per heavy atom. The van der Waals surface area contributed by atoms with Gasteiger partial charge < -0.3 is 16.5 Å². The number of aromatic nitrogens is 3. The molecule has 0 spiro atoms. The lowest BCUT2D eigenvalue weighted by molar-refractivity contribution is -0.115. The smallest absolute Gasteiger partial charge is 0.237 e. The maximum Gasteiger partial charge on any atom is 0.237 e. The minimum atomic E-state index is -0.517. The lowest BCUT2D eigenvalue weighted by Crippen LogP contribution is -2.23. The molecule has 0 fully saturated rings. The second-order valence-corrected chi connectivity index (χ2v) is 7.50. The number of anilines is 2. The minimum Gasteiger partial charge on any atom is -0.335 e. The zero-order valence-corrected chi connectivity index (χ0v) is 16.5. The van der Waals surface area contributed by atoms with Crippen molar-refractivity contribution in [2.24, 2.45) is 0 Å². The number of benzene rings is 2. The highest BCUT2D eigenvalue weighted by atomic mass is 32.2. The molecule has 2 amide bonds. The van der Waals surface area contributed by atoms with E-state index in [2.05, 4.69) is 20.8 Å². The van der Waals surface area contributed by atoms with E-state index in [4.69, 9.17) is 5.84 Å².